The van der Waals surface area contributed by atoms with Crippen LogP contribution in [0, 0.1) is 0 Å². The van der Waals surface area contributed by atoms with Crippen LogP contribution in [0.1, 0.15) is 28.6 Å². The zero-order chi connectivity index (χ0) is 13.1. The summed E-state index contributed by atoms with van der Waals surface area (Å²) in [6.45, 7) is 2.38. The van der Waals surface area contributed by atoms with E-state index in [9.17, 15) is 4.79 Å². The fraction of sp³-hybridized carbons (Fsp3) is 0.417. The Morgan fingerprint density at radius 2 is 2.58 bits per heavy atom. The van der Waals surface area contributed by atoms with Crippen molar-refractivity contribution in [1.29, 1.82) is 0 Å². The number of carbonyl (C=O) groups excluding carboxylic acids is 1. The van der Waals surface area contributed by atoms with Crippen molar-refractivity contribution in [1.82, 2.24) is 25.4 Å². The van der Waals surface area contributed by atoms with Crippen molar-refractivity contribution in [3.8, 4) is 0 Å². The molecule has 0 aromatic carbocycles. The molecule has 2 aromatic rings. The van der Waals surface area contributed by atoms with E-state index < -0.39 is 0 Å². The number of fused-ring (bicyclic) bond motifs is 1. The van der Waals surface area contributed by atoms with E-state index in [4.69, 9.17) is 0 Å². The Bertz CT molecular complexity index is 550. The predicted molar refractivity (Wildman–Crippen MR) is 72.0 cm³/mol. The monoisotopic (exact) mass is 277 g/mol. The van der Waals surface area contributed by atoms with Crippen molar-refractivity contribution in [3.63, 3.8) is 0 Å². The van der Waals surface area contributed by atoms with Crippen LogP contribution >= 0.6 is 11.3 Å². The Morgan fingerprint density at radius 1 is 1.63 bits per heavy atom. The van der Waals surface area contributed by atoms with Crippen molar-refractivity contribution < 1.29 is 4.79 Å². The lowest BCUT2D eigenvalue weighted by Gasteiger charge is -2.25. The molecule has 0 saturated heterocycles. The maximum Gasteiger partial charge on any atom is 0.270 e. The van der Waals surface area contributed by atoms with E-state index in [0.717, 1.165) is 19.5 Å². The minimum absolute atomic E-state index is 0.106. The van der Waals surface area contributed by atoms with Gasteiger partial charge in [-0.1, -0.05) is 0 Å². The molecule has 0 saturated carbocycles. The fourth-order valence-corrected chi connectivity index (χ4v) is 2.79. The third kappa shape index (κ3) is 2.66. The van der Waals surface area contributed by atoms with Gasteiger partial charge in [0.15, 0.2) is 0 Å². The molecule has 0 bridgehead atoms. The second-order valence-corrected chi connectivity index (χ2v) is 5.19. The number of nitrogens with one attached hydrogen (secondary N) is 2. The van der Waals surface area contributed by atoms with E-state index in [0.29, 0.717) is 18.3 Å². The van der Waals surface area contributed by atoms with Crippen LogP contribution in [0.2, 0.25) is 0 Å². The summed E-state index contributed by atoms with van der Waals surface area (Å²) in [6.07, 6.45) is 2.68. The van der Waals surface area contributed by atoms with Gasteiger partial charge in [-0.2, -0.15) is 5.10 Å². The molecule has 100 valence electrons. The zero-order valence-electron chi connectivity index (χ0n) is 10.4. The number of hydrogen-bond donors (Lipinski definition) is 2. The van der Waals surface area contributed by atoms with Crippen molar-refractivity contribution in [3.05, 3.63) is 34.5 Å². The normalized spacial score (nSPS) is 18.0. The number of nitrogens with zero attached hydrogens (tertiary/aromatic N) is 3. The molecule has 3 rings (SSSR count). The molecule has 19 heavy (non-hydrogen) atoms. The summed E-state index contributed by atoms with van der Waals surface area (Å²) in [5.41, 5.74) is 3.35. The summed E-state index contributed by atoms with van der Waals surface area (Å²) in [5.74, 6) is -0.106. The Morgan fingerprint density at radius 3 is 3.42 bits per heavy atom. The van der Waals surface area contributed by atoms with Gasteiger partial charge >= 0.3 is 0 Å². The third-order valence-corrected chi connectivity index (χ3v) is 3.80. The SMILES string of the molecule is O=C(NCC[C@@H]1CNCc2ccnn21)c1cscn1. The van der Waals surface area contributed by atoms with E-state index in [2.05, 4.69) is 20.7 Å². The number of amides is 1. The lowest BCUT2D eigenvalue weighted by Crippen LogP contribution is -2.36. The summed E-state index contributed by atoms with van der Waals surface area (Å²) >= 11 is 1.43. The topological polar surface area (TPSA) is 71.8 Å². The minimum Gasteiger partial charge on any atom is -0.351 e. The van der Waals surface area contributed by atoms with Gasteiger partial charge in [0.2, 0.25) is 0 Å². The first-order valence-corrected chi connectivity index (χ1v) is 7.18. The highest BCUT2D eigenvalue weighted by atomic mass is 32.1. The van der Waals surface area contributed by atoms with E-state index in [1.165, 1.54) is 17.0 Å². The molecule has 1 amide bonds. The van der Waals surface area contributed by atoms with Crippen LogP contribution in [0.4, 0.5) is 0 Å². The molecule has 0 aliphatic carbocycles. The molecule has 3 heterocycles. The van der Waals surface area contributed by atoms with Crippen molar-refractivity contribution in [2.45, 2.75) is 19.0 Å². The maximum absolute atomic E-state index is 11.7. The van der Waals surface area contributed by atoms with E-state index in [1.54, 1.807) is 10.9 Å². The average molecular weight is 277 g/mol. The minimum atomic E-state index is -0.106. The Balaban J connectivity index is 1.53. The van der Waals surface area contributed by atoms with Crippen molar-refractivity contribution in [2.75, 3.05) is 13.1 Å². The van der Waals surface area contributed by atoms with Gasteiger partial charge in [0.1, 0.15) is 5.69 Å². The zero-order valence-corrected chi connectivity index (χ0v) is 11.2. The molecule has 7 heteroatoms. The average Bonchev–Trinajstić information content (AvgIpc) is 3.10. The third-order valence-electron chi connectivity index (χ3n) is 3.21. The molecule has 1 aliphatic heterocycles. The van der Waals surface area contributed by atoms with Gasteiger partial charge in [-0.15, -0.1) is 11.3 Å². The Kier molecular flexibility index (Phi) is 3.56. The van der Waals surface area contributed by atoms with Gasteiger partial charge in [0.25, 0.3) is 5.91 Å². The summed E-state index contributed by atoms with van der Waals surface area (Å²) in [6, 6.07) is 2.32. The fourth-order valence-electron chi connectivity index (χ4n) is 2.26. The summed E-state index contributed by atoms with van der Waals surface area (Å²) in [4.78, 5) is 15.7. The summed E-state index contributed by atoms with van der Waals surface area (Å²) in [5, 5.41) is 12.3. The largest absolute Gasteiger partial charge is 0.351 e. The van der Waals surface area contributed by atoms with Crippen LogP contribution in [0.25, 0.3) is 0 Å². The molecule has 1 atom stereocenters. The van der Waals surface area contributed by atoms with Crippen LogP contribution in [-0.4, -0.2) is 33.8 Å². The molecule has 0 unspecified atom stereocenters. The second kappa shape index (κ2) is 5.50. The predicted octanol–water partition coefficient (Wildman–Crippen LogP) is 0.804. The van der Waals surface area contributed by atoms with Crippen LogP contribution in [0.15, 0.2) is 23.2 Å². The van der Waals surface area contributed by atoms with E-state index in [1.807, 2.05) is 16.9 Å². The molecule has 0 spiro atoms. The lowest BCUT2D eigenvalue weighted by atomic mass is 10.1. The summed E-state index contributed by atoms with van der Waals surface area (Å²) < 4.78 is 2.05. The van der Waals surface area contributed by atoms with Crippen molar-refractivity contribution in [2.24, 2.45) is 0 Å². The highest BCUT2D eigenvalue weighted by molar-refractivity contribution is 7.07. The van der Waals surface area contributed by atoms with E-state index in [-0.39, 0.29) is 5.91 Å². The number of hydrogen-bond acceptors (Lipinski definition) is 5. The lowest BCUT2D eigenvalue weighted by molar-refractivity contribution is 0.0946. The van der Waals surface area contributed by atoms with Gasteiger partial charge in [-0.25, -0.2) is 4.98 Å². The molecular formula is C12H15N5OS. The standard InChI is InChI=1S/C12H15N5OS/c18-12(11-7-19-8-15-11)14-3-1-9-5-13-6-10-2-4-16-17(9)10/h2,4,7-9,13H,1,3,5-6H2,(H,14,18)/t9-/m1/s1. The number of aromatic nitrogens is 3. The Labute approximate surface area is 114 Å². The first-order chi connectivity index (χ1) is 9.34. The molecule has 2 N–H and O–H groups in total. The molecule has 2 aromatic heterocycles. The first-order valence-electron chi connectivity index (χ1n) is 6.24. The highest BCUT2D eigenvalue weighted by Gasteiger charge is 2.19. The molecular weight excluding hydrogens is 262 g/mol. The van der Waals surface area contributed by atoms with Gasteiger partial charge in [-0.05, 0) is 12.5 Å². The van der Waals surface area contributed by atoms with Crippen LogP contribution < -0.4 is 10.6 Å². The first kappa shape index (κ1) is 12.3. The molecule has 1 aliphatic rings. The molecule has 6 nitrogen and oxygen atoms in total. The number of thiazole rings is 1. The van der Waals surface area contributed by atoms with Gasteiger partial charge < -0.3 is 10.6 Å². The van der Waals surface area contributed by atoms with Crippen molar-refractivity contribution >= 4 is 17.2 Å². The van der Waals surface area contributed by atoms with Gasteiger partial charge in [0, 0.05) is 31.2 Å². The molecule has 0 radical (unpaired) electrons. The summed E-state index contributed by atoms with van der Waals surface area (Å²) in [7, 11) is 0. The van der Waals surface area contributed by atoms with Crippen LogP contribution in [-0.2, 0) is 6.54 Å². The second-order valence-electron chi connectivity index (χ2n) is 4.47. The van der Waals surface area contributed by atoms with E-state index >= 15 is 0 Å². The van der Waals surface area contributed by atoms with Crippen LogP contribution in [0.5, 0.6) is 0 Å². The molecule has 0 fully saturated rings. The van der Waals surface area contributed by atoms with Crippen LogP contribution in [0.3, 0.4) is 0 Å². The quantitative estimate of drug-likeness (QED) is 0.867. The van der Waals surface area contributed by atoms with Gasteiger partial charge in [0.05, 0.1) is 17.2 Å². The smallest absolute Gasteiger partial charge is 0.270 e. The van der Waals surface area contributed by atoms with Gasteiger partial charge in [-0.3, -0.25) is 9.48 Å². The maximum atomic E-state index is 11.7. The Hall–Kier alpha value is -1.73. The highest BCUT2D eigenvalue weighted by Crippen LogP contribution is 2.16. The number of carbonyl (C=O) groups is 1. The number of rotatable bonds is 4.